The number of hydrogen-bond donors (Lipinski definition) is 0. The molecular weight excluding hydrogens is 1040 g/mol. The molecule has 0 amide bonds. The molecule has 0 N–H and O–H groups in total. The van der Waals surface area contributed by atoms with Crippen molar-refractivity contribution in [3.05, 3.63) is 194 Å². The zero-order valence-corrected chi connectivity index (χ0v) is 41.7. The third-order valence-electron chi connectivity index (χ3n) is 12.0. The van der Waals surface area contributed by atoms with Gasteiger partial charge in [-0.25, -0.2) is 0 Å². The molecule has 11 rings (SSSR count). The van der Waals surface area contributed by atoms with Gasteiger partial charge in [0.25, 0.3) is 0 Å². The number of imidazole rings is 1. The van der Waals surface area contributed by atoms with Gasteiger partial charge in [-0.1, -0.05) is 68.4 Å². The molecule has 0 bridgehead atoms. The first-order valence-corrected chi connectivity index (χ1v) is 29.1. The molecule has 0 aliphatic rings. The van der Waals surface area contributed by atoms with Gasteiger partial charge in [0, 0.05) is 43.2 Å². The van der Waals surface area contributed by atoms with Crippen molar-refractivity contribution in [1.82, 2.24) is 24.5 Å². The standard InChI is InChI=1S/C33H25N4O.C24H22GeN.Ir/c1-20(2)26-18-34-19-27-31(26)37(24-14-12-23(13-15-24)22-9-5-4-6-10-22)33(36-27)25-16-17-35-30-29-21(3)8-7-11-28(29)38-32(25)30;1-25(2,3)23-17-26-24(19-11-5-4-6-12-19)16-22(23)21-15-9-13-18-10-7-8-14-20(18)21;/h4-15,17-20H,1-3H3;4-11,13-17H,1-3H3;/q2*-1;. The topological polar surface area (TPSA) is 69.6 Å². The monoisotopic (exact) mass is 1080 g/mol. The van der Waals surface area contributed by atoms with Crippen LogP contribution in [0.4, 0.5) is 0 Å². The molecule has 0 atom stereocenters. The molecule has 65 heavy (non-hydrogen) atoms. The van der Waals surface area contributed by atoms with E-state index in [1.165, 1.54) is 31.9 Å². The van der Waals surface area contributed by atoms with Crippen molar-refractivity contribution in [2.24, 2.45) is 0 Å². The number of fused-ring (bicyclic) bond motifs is 5. The number of benzene rings is 6. The van der Waals surface area contributed by atoms with Gasteiger partial charge in [0.2, 0.25) is 0 Å². The summed E-state index contributed by atoms with van der Waals surface area (Å²) < 4.78 is 10.1. The van der Waals surface area contributed by atoms with E-state index in [9.17, 15) is 0 Å². The van der Waals surface area contributed by atoms with E-state index in [4.69, 9.17) is 14.4 Å². The van der Waals surface area contributed by atoms with E-state index >= 15 is 0 Å². The van der Waals surface area contributed by atoms with Crippen molar-refractivity contribution in [2.75, 3.05) is 0 Å². The third-order valence-corrected chi connectivity index (χ3v) is 16.2. The van der Waals surface area contributed by atoms with Crippen LogP contribution < -0.4 is 4.40 Å². The Morgan fingerprint density at radius 1 is 0.692 bits per heavy atom. The van der Waals surface area contributed by atoms with Crippen LogP contribution in [0.25, 0.3) is 94.5 Å². The predicted octanol–water partition coefficient (Wildman–Crippen LogP) is 14.2. The van der Waals surface area contributed by atoms with E-state index in [0.717, 1.165) is 72.5 Å². The Balaban J connectivity index is 0.000000173. The quantitative estimate of drug-likeness (QED) is 0.117. The Kier molecular flexibility index (Phi) is 12.2. The van der Waals surface area contributed by atoms with Crippen LogP contribution >= 0.6 is 0 Å². The summed E-state index contributed by atoms with van der Waals surface area (Å²) in [6, 6.07) is 57.3. The van der Waals surface area contributed by atoms with E-state index in [1.54, 1.807) is 6.20 Å². The van der Waals surface area contributed by atoms with E-state index in [0.29, 0.717) is 5.58 Å². The molecular formula is C57H47GeIrN5O-2. The number of hydrogen-bond acceptors (Lipinski definition) is 5. The van der Waals surface area contributed by atoms with Gasteiger partial charge in [-0.05, 0) is 59.5 Å². The van der Waals surface area contributed by atoms with Crippen molar-refractivity contribution in [3.8, 4) is 50.6 Å². The van der Waals surface area contributed by atoms with E-state index in [1.807, 2.05) is 48.8 Å². The second-order valence-corrected chi connectivity index (χ2v) is 28.2. The van der Waals surface area contributed by atoms with Crippen molar-refractivity contribution in [1.29, 1.82) is 0 Å². The van der Waals surface area contributed by atoms with Crippen LogP contribution in [-0.2, 0) is 20.1 Å². The van der Waals surface area contributed by atoms with Crippen LogP contribution in [0, 0.1) is 19.1 Å². The van der Waals surface area contributed by atoms with Crippen LogP contribution in [0.1, 0.15) is 30.9 Å². The molecule has 0 saturated heterocycles. The van der Waals surface area contributed by atoms with Gasteiger partial charge >= 0.3 is 158 Å². The summed E-state index contributed by atoms with van der Waals surface area (Å²) in [7, 11) is 0. The Hall–Kier alpha value is -6.51. The molecule has 0 spiro atoms. The second kappa shape index (κ2) is 18.2. The van der Waals surface area contributed by atoms with Crippen LogP contribution in [0.5, 0.6) is 0 Å². The molecule has 8 heteroatoms. The minimum absolute atomic E-state index is 0. The van der Waals surface area contributed by atoms with Gasteiger partial charge in [-0.2, -0.15) is 0 Å². The molecule has 0 unspecified atom stereocenters. The van der Waals surface area contributed by atoms with Gasteiger partial charge in [0.15, 0.2) is 0 Å². The van der Waals surface area contributed by atoms with E-state index in [-0.39, 0.29) is 26.0 Å². The molecule has 1 radical (unpaired) electrons. The van der Waals surface area contributed by atoms with Crippen LogP contribution in [0.3, 0.4) is 0 Å². The number of nitrogens with zero attached hydrogens (tertiary/aromatic N) is 5. The normalized spacial score (nSPS) is 11.6. The summed E-state index contributed by atoms with van der Waals surface area (Å²) in [6.07, 6.45) is 7.63. The SMILES string of the molecule is Cc1cccc2oc3c(-c4nc5cncc(C(C)C)c5n4-c4ccc(-c5ccccc5)cc4)[c-]cnc3c12.[CH3][Ge]([CH3])([CH3])[c]1cnc(-c2[c-]cccc2)cc1-c1cccc2ccccc12.[Ir]. The summed E-state index contributed by atoms with van der Waals surface area (Å²) in [6.45, 7) is 6.45. The van der Waals surface area contributed by atoms with Gasteiger partial charge in [-0.15, -0.1) is 11.6 Å². The van der Waals surface area contributed by atoms with Crippen molar-refractivity contribution in [3.63, 3.8) is 0 Å². The van der Waals surface area contributed by atoms with Crippen LogP contribution in [0.15, 0.2) is 175 Å². The number of aryl methyl sites for hydroxylation is 1. The summed E-state index contributed by atoms with van der Waals surface area (Å²) in [5.74, 6) is 8.32. The third kappa shape index (κ3) is 8.36. The number of pyridine rings is 3. The van der Waals surface area contributed by atoms with Gasteiger partial charge < -0.3 is 8.98 Å². The van der Waals surface area contributed by atoms with Gasteiger partial charge in [0.05, 0.1) is 28.3 Å². The van der Waals surface area contributed by atoms with Crippen LogP contribution in [0.2, 0.25) is 17.3 Å². The maximum atomic E-state index is 6.40. The number of aromatic nitrogens is 5. The average Bonchev–Trinajstić information content (AvgIpc) is 3.92. The fraction of sp³-hybridized carbons (Fsp3) is 0.123. The molecule has 6 aromatic carbocycles. The first-order chi connectivity index (χ1) is 31.1. The maximum absolute atomic E-state index is 6.40. The summed E-state index contributed by atoms with van der Waals surface area (Å²) in [5, 5.41) is 3.61. The van der Waals surface area contributed by atoms with Gasteiger partial charge in [0.1, 0.15) is 5.58 Å². The fourth-order valence-corrected chi connectivity index (χ4v) is 11.8. The Bertz CT molecular complexity index is 3460. The second-order valence-electron chi connectivity index (χ2n) is 17.6. The Labute approximate surface area is 396 Å². The van der Waals surface area contributed by atoms with E-state index in [2.05, 4.69) is 180 Å². The molecule has 321 valence electrons. The number of rotatable bonds is 7. The minimum atomic E-state index is -2.09. The average molecular weight is 1080 g/mol. The molecule has 5 heterocycles. The molecule has 5 aromatic heterocycles. The summed E-state index contributed by atoms with van der Waals surface area (Å²) in [5.41, 5.74) is 15.3. The summed E-state index contributed by atoms with van der Waals surface area (Å²) in [4.78, 5) is 19.1. The molecule has 0 fully saturated rings. The zero-order valence-electron chi connectivity index (χ0n) is 37.2. The molecule has 11 aromatic rings. The maximum Gasteiger partial charge on any atom is 0 e. The van der Waals surface area contributed by atoms with Gasteiger partial charge in [-0.3, -0.25) is 15.0 Å². The van der Waals surface area contributed by atoms with E-state index < -0.39 is 13.3 Å². The molecule has 0 aliphatic carbocycles. The van der Waals surface area contributed by atoms with Crippen molar-refractivity contribution in [2.45, 2.75) is 44.0 Å². The predicted molar refractivity (Wildman–Crippen MR) is 267 cm³/mol. The fourth-order valence-electron chi connectivity index (χ4n) is 8.75. The first kappa shape index (κ1) is 43.7. The molecule has 0 saturated carbocycles. The molecule has 6 nitrogen and oxygen atoms in total. The largest absolute Gasteiger partial charge is 0 e. The summed E-state index contributed by atoms with van der Waals surface area (Å²) >= 11 is -2.09. The van der Waals surface area contributed by atoms with Crippen molar-refractivity contribution < 1.29 is 24.5 Å². The zero-order chi connectivity index (χ0) is 44.0. The first-order valence-electron chi connectivity index (χ1n) is 21.8. The Morgan fingerprint density at radius 3 is 2.20 bits per heavy atom. The minimum Gasteiger partial charge on any atom is 0 e. The smallest absolute Gasteiger partial charge is 0 e. The van der Waals surface area contributed by atoms with Crippen molar-refractivity contribution >= 4 is 61.5 Å². The number of furan rings is 1. The van der Waals surface area contributed by atoms with Crippen LogP contribution in [-0.4, -0.2) is 37.8 Å². The molecule has 0 aliphatic heterocycles. The Morgan fingerprint density at radius 2 is 1.43 bits per heavy atom.